The van der Waals surface area contributed by atoms with E-state index in [0.717, 1.165) is 13.0 Å². The Balaban J connectivity index is 1.82. The highest BCUT2D eigenvalue weighted by molar-refractivity contribution is 5.69. The lowest BCUT2D eigenvalue weighted by atomic mass is 9.69. The lowest BCUT2D eigenvalue weighted by molar-refractivity contribution is -0.146. The van der Waals surface area contributed by atoms with Crippen molar-refractivity contribution in [1.29, 1.82) is 0 Å². The average molecular weight is 254 g/mol. The van der Waals surface area contributed by atoms with E-state index in [1.165, 1.54) is 44.9 Å². The Hall–Kier alpha value is -0.570. The van der Waals surface area contributed by atoms with E-state index in [9.17, 15) is 4.79 Å². The molecule has 0 aromatic heterocycles. The minimum absolute atomic E-state index is 0.0883. The summed E-state index contributed by atoms with van der Waals surface area (Å²) >= 11 is 0. The van der Waals surface area contributed by atoms with Gasteiger partial charge in [-0.25, -0.2) is 0 Å². The highest BCUT2D eigenvalue weighted by atomic mass is 16.5. The first-order chi connectivity index (χ1) is 8.74. The predicted octanol–water partition coefficient (Wildman–Crippen LogP) is 3.46. The van der Waals surface area contributed by atoms with Crippen LogP contribution in [0.15, 0.2) is 0 Å². The van der Waals surface area contributed by atoms with Gasteiger partial charge < -0.3 is 9.47 Å². The number of rotatable bonds is 3. The SMILES string of the molecule is CCOC(=O)CC1CCC2(CCCCC2)CCO1. The van der Waals surface area contributed by atoms with Gasteiger partial charge in [0.1, 0.15) is 0 Å². The summed E-state index contributed by atoms with van der Waals surface area (Å²) < 4.78 is 10.9. The van der Waals surface area contributed by atoms with E-state index < -0.39 is 0 Å². The van der Waals surface area contributed by atoms with Gasteiger partial charge in [0.15, 0.2) is 0 Å². The van der Waals surface area contributed by atoms with Crippen LogP contribution in [0.25, 0.3) is 0 Å². The molecule has 1 spiro atoms. The van der Waals surface area contributed by atoms with E-state index in [4.69, 9.17) is 9.47 Å². The summed E-state index contributed by atoms with van der Waals surface area (Å²) in [6, 6.07) is 0. The number of esters is 1. The van der Waals surface area contributed by atoms with Crippen molar-refractivity contribution in [3.05, 3.63) is 0 Å². The molecule has 1 atom stereocenters. The molecule has 3 heteroatoms. The molecule has 2 aliphatic rings. The number of carbonyl (C=O) groups is 1. The molecule has 0 radical (unpaired) electrons. The first-order valence-corrected chi connectivity index (χ1v) is 7.51. The molecule has 0 N–H and O–H groups in total. The molecule has 1 heterocycles. The van der Waals surface area contributed by atoms with Crippen LogP contribution in [0.2, 0.25) is 0 Å². The van der Waals surface area contributed by atoms with Gasteiger partial charge >= 0.3 is 5.97 Å². The van der Waals surface area contributed by atoms with E-state index in [-0.39, 0.29) is 12.1 Å². The fourth-order valence-electron chi connectivity index (χ4n) is 3.49. The maximum atomic E-state index is 11.5. The minimum atomic E-state index is -0.109. The Morgan fingerprint density at radius 2 is 2.00 bits per heavy atom. The van der Waals surface area contributed by atoms with Crippen molar-refractivity contribution in [3.8, 4) is 0 Å². The van der Waals surface area contributed by atoms with Gasteiger partial charge in [-0.05, 0) is 44.4 Å². The number of carbonyl (C=O) groups excluding carboxylic acids is 1. The van der Waals surface area contributed by atoms with E-state index in [0.29, 0.717) is 18.4 Å². The summed E-state index contributed by atoms with van der Waals surface area (Å²) in [6.07, 6.45) is 10.8. The second kappa shape index (κ2) is 6.55. The zero-order valence-corrected chi connectivity index (χ0v) is 11.6. The molecule has 2 fully saturated rings. The molecule has 18 heavy (non-hydrogen) atoms. The van der Waals surface area contributed by atoms with Crippen LogP contribution in [0.5, 0.6) is 0 Å². The first-order valence-electron chi connectivity index (χ1n) is 7.51. The van der Waals surface area contributed by atoms with Gasteiger partial charge in [-0.2, -0.15) is 0 Å². The maximum Gasteiger partial charge on any atom is 0.308 e. The molecule has 0 amide bonds. The third-order valence-corrected chi connectivity index (χ3v) is 4.60. The topological polar surface area (TPSA) is 35.5 Å². The Bertz CT molecular complexity index is 269. The number of ether oxygens (including phenoxy) is 2. The standard InChI is InChI=1S/C15H26O3/c1-2-17-14(16)12-13-6-9-15(10-11-18-13)7-4-3-5-8-15/h13H,2-12H2,1H3. The predicted molar refractivity (Wildman–Crippen MR) is 70.4 cm³/mol. The largest absolute Gasteiger partial charge is 0.466 e. The second-order valence-electron chi connectivity index (χ2n) is 5.85. The number of hydrogen-bond acceptors (Lipinski definition) is 3. The van der Waals surface area contributed by atoms with Crippen LogP contribution in [-0.4, -0.2) is 25.3 Å². The molecule has 0 bridgehead atoms. The lowest BCUT2D eigenvalue weighted by Gasteiger charge is -2.36. The molecular formula is C15H26O3. The Kier molecular flexibility index (Phi) is 5.04. The zero-order chi connectivity index (χ0) is 12.8. The summed E-state index contributed by atoms with van der Waals surface area (Å²) in [5.74, 6) is -0.109. The molecule has 2 rings (SSSR count). The summed E-state index contributed by atoms with van der Waals surface area (Å²) in [5, 5.41) is 0. The van der Waals surface area contributed by atoms with Crippen molar-refractivity contribution in [2.75, 3.05) is 13.2 Å². The van der Waals surface area contributed by atoms with Gasteiger partial charge in [0, 0.05) is 6.61 Å². The maximum absolute atomic E-state index is 11.5. The van der Waals surface area contributed by atoms with Gasteiger partial charge in [0.25, 0.3) is 0 Å². The van der Waals surface area contributed by atoms with E-state index >= 15 is 0 Å². The van der Waals surface area contributed by atoms with E-state index in [1.54, 1.807) is 0 Å². The quantitative estimate of drug-likeness (QED) is 0.724. The van der Waals surface area contributed by atoms with Crippen molar-refractivity contribution >= 4 is 5.97 Å². The normalized spacial score (nSPS) is 27.7. The Morgan fingerprint density at radius 3 is 2.72 bits per heavy atom. The van der Waals surface area contributed by atoms with Crippen molar-refractivity contribution in [2.45, 2.75) is 70.8 Å². The fraction of sp³-hybridized carbons (Fsp3) is 0.933. The lowest BCUT2D eigenvalue weighted by Crippen LogP contribution is -2.24. The van der Waals surface area contributed by atoms with Gasteiger partial charge in [-0.1, -0.05) is 19.3 Å². The van der Waals surface area contributed by atoms with Crippen LogP contribution in [0.3, 0.4) is 0 Å². The molecular weight excluding hydrogens is 228 g/mol. The van der Waals surface area contributed by atoms with Gasteiger partial charge in [-0.3, -0.25) is 4.79 Å². The van der Waals surface area contributed by atoms with Crippen molar-refractivity contribution in [3.63, 3.8) is 0 Å². The molecule has 3 nitrogen and oxygen atoms in total. The van der Waals surface area contributed by atoms with Crippen LogP contribution in [0.4, 0.5) is 0 Å². The highest BCUT2D eigenvalue weighted by Gasteiger charge is 2.35. The monoisotopic (exact) mass is 254 g/mol. The van der Waals surface area contributed by atoms with Gasteiger partial charge in [-0.15, -0.1) is 0 Å². The highest BCUT2D eigenvalue weighted by Crippen LogP contribution is 2.45. The first kappa shape index (κ1) is 13.9. The average Bonchev–Trinajstić information content (AvgIpc) is 2.54. The van der Waals surface area contributed by atoms with Crippen molar-refractivity contribution in [2.24, 2.45) is 5.41 Å². The molecule has 104 valence electrons. The third-order valence-electron chi connectivity index (χ3n) is 4.60. The van der Waals surface area contributed by atoms with Gasteiger partial charge in [0.2, 0.25) is 0 Å². The molecule has 1 saturated carbocycles. The summed E-state index contributed by atoms with van der Waals surface area (Å²) in [4.78, 5) is 11.5. The molecule has 1 unspecified atom stereocenters. The summed E-state index contributed by atoms with van der Waals surface area (Å²) in [5.41, 5.74) is 0.529. The fourth-order valence-corrected chi connectivity index (χ4v) is 3.49. The zero-order valence-electron chi connectivity index (χ0n) is 11.6. The smallest absolute Gasteiger partial charge is 0.308 e. The van der Waals surface area contributed by atoms with Crippen LogP contribution < -0.4 is 0 Å². The van der Waals surface area contributed by atoms with Crippen LogP contribution >= 0.6 is 0 Å². The number of hydrogen-bond donors (Lipinski definition) is 0. The second-order valence-corrected chi connectivity index (χ2v) is 5.85. The minimum Gasteiger partial charge on any atom is -0.466 e. The molecule has 0 aromatic carbocycles. The molecule has 1 aliphatic carbocycles. The van der Waals surface area contributed by atoms with Crippen molar-refractivity contribution in [1.82, 2.24) is 0 Å². The van der Waals surface area contributed by atoms with Crippen LogP contribution in [0.1, 0.15) is 64.7 Å². The van der Waals surface area contributed by atoms with Crippen LogP contribution in [-0.2, 0) is 14.3 Å². The Labute approximate surface area is 110 Å². The molecule has 1 saturated heterocycles. The summed E-state index contributed by atoms with van der Waals surface area (Å²) in [7, 11) is 0. The molecule has 1 aliphatic heterocycles. The van der Waals surface area contributed by atoms with E-state index in [2.05, 4.69) is 0 Å². The molecule has 0 aromatic rings. The summed E-state index contributed by atoms with van der Waals surface area (Å²) in [6.45, 7) is 3.14. The Morgan fingerprint density at radius 1 is 1.22 bits per heavy atom. The van der Waals surface area contributed by atoms with Crippen LogP contribution in [0, 0.1) is 5.41 Å². The van der Waals surface area contributed by atoms with Gasteiger partial charge in [0.05, 0.1) is 19.1 Å². The van der Waals surface area contributed by atoms with E-state index in [1.807, 2.05) is 6.92 Å². The third kappa shape index (κ3) is 3.71. The van der Waals surface area contributed by atoms with Crippen molar-refractivity contribution < 1.29 is 14.3 Å².